The molecule has 0 bridgehead atoms. The zero-order chi connectivity index (χ0) is 29.1. The molecule has 0 fully saturated rings. The molecule has 0 spiro atoms. The molecule has 0 saturated carbocycles. The first kappa shape index (κ1) is 31.4. The summed E-state index contributed by atoms with van der Waals surface area (Å²) in [5.74, 6) is 10.7. The summed E-state index contributed by atoms with van der Waals surface area (Å²) in [6, 6.07) is 37.2. The van der Waals surface area contributed by atoms with Gasteiger partial charge in [-0.3, -0.25) is 0 Å². The monoisotopic (exact) mass is 614 g/mol. The van der Waals surface area contributed by atoms with E-state index in [1.54, 1.807) is 24.3 Å². The normalized spacial score (nSPS) is 9.91. The number of benzene rings is 6. The number of carboxylic acids is 2. The molecule has 0 heterocycles. The van der Waals surface area contributed by atoms with E-state index in [1.807, 2.05) is 84.9 Å². The number of hydrogen-bond donors (Lipinski definition) is 2. The summed E-state index contributed by atoms with van der Waals surface area (Å²) in [6.07, 6.45) is 0. The number of carbonyl (C=O) groups is 2. The lowest BCUT2D eigenvalue weighted by molar-refractivity contribution is 0.0686. The minimum Gasteiger partial charge on any atom is -0.478 e. The molecule has 2 N–H and O–H groups in total. The smallest absolute Gasteiger partial charge is 0.335 e. The van der Waals surface area contributed by atoms with Crippen molar-refractivity contribution in [2.24, 2.45) is 0 Å². The number of aromatic carboxylic acids is 2. The van der Waals surface area contributed by atoms with Crippen molar-refractivity contribution in [3.8, 4) is 34.8 Å². The van der Waals surface area contributed by atoms with Crippen LogP contribution in [0.2, 0.25) is 0 Å². The van der Waals surface area contributed by atoms with Crippen molar-refractivity contribution in [1.29, 1.82) is 0 Å². The lowest BCUT2D eigenvalue weighted by Crippen LogP contribution is -2.00. The third-order valence-electron chi connectivity index (χ3n) is 7.07. The summed E-state index contributed by atoms with van der Waals surface area (Å²) < 4.78 is 0. The zero-order valence-corrected chi connectivity index (χ0v) is 24.7. The van der Waals surface area contributed by atoms with Crippen molar-refractivity contribution in [3.05, 3.63) is 155 Å². The highest BCUT2D eigenvalue weighted by molar-refractivity contribution is 5.93. The number of hydrogen-bond acceptors (Lipinski definition) is 2. The van der Waals surface area contributed by atoms with E-state index in [0.29, 0.717) is 22.3 Å². The van der Waals surface area contributed by atoms with E-state index in [2.05, 4.69) is 23.7 Å². The second kappa shape index (κ2) is 13.6. The van der Waals surface area contributed by atoms with Gasteiger partial charge in [-0.15, -0.1) is 24.8 Å². The summed E-state index contributed by atoms with van der Waals surface area (Å²) >= 11 is 0. The quantitative estimate of drug-likeness (QED) is 0.195. The van der Waals surface area contributed by atoms with Gasteiger partial charge in [-0.1, -0.05) is 109 Å². The van der Waals surface area contributed by atoms with Gasteiger partial charge in [0.05, 0.1) is 11.1 Å². The summed E-state index contributed by atoms with van der Waals surface area (Å²) in [5, 5.41) is 23.5. The van der Waals surface area contributed by atoms with Crippen LogP contribution in [0.5, 0.6) is 0 Å². The van der Waals surface area contributed by atoms with Crippen LogP contribution in [-0.2, 0) is 0 Å². The zero-order valence-electron chi connectivity index (χ0n) is 23.1. The predicted octanol–water partition coefficient (Wildman–Crippen LogP) is 8.70. The molecule has 6 aromatic rings. The molecule has 0 aromatic heterocycles. The molecule has 6 rings (SSSR count). The Morgan fingerprint density at radius 3 is 1.20 bits per heavy atom. The average Bonchev–Trinajstić information content (AvgIpc) is 3.02. The molecule has 0 aliphatic carbocycles. The van der Waals surface area contributed by atoms with Crippen molar-refractivity contribution in [1.82, 2.24) is 0 Å². The number of rotatable bonds is 3. The Morgan fingerprint density at radius 1 is 0.432 bits per heavy atom. The van der Waals surface area contributed by atoms with Gasteiger partial charge in [0.1, 0.15) is 0 Å². The summed E-state index contributed by atoms with van der Waals surface area (Å²) in [5.41, 5.74) is 4.16. The maximum absolute atomic E-state index is 11.9. The van der Waals surface area contributed by atoms with E-state index in [1.165, 1.54) is 12.1 Å². The number of fused-ring (bicyclic) bond motifs is 2. The van der Waals surface area contributed by atoms with Crippen LogP contribution < -0.4 is 0 Å². The minimum atomic E-state index is -1.06. The molecular weight excluding hydrogens is 591 g/mol. The van der Waals surface area contributed by atoms with Gasteiger partial charge < -0.3 is 10.2 Å². The molecular formula is C38H24Cl2O4. The first-order valence-corrected chi connectivity index (χ1v) is 13.2. The molecule has 0 aliphatic heterocycles. The summed E-state index contributed by atoms with van der Waals surface area (Å²) in [6.45, 7) is 0. The molecule has 214 valence electrons. The maximum Gasteiger partial charge on any atom is 0.335 e. The largest absolute Gasteiger partial charge is 0.478 e. The standard InChI is InChI=1S/C38H22O4.2ClH/c39-37(40)31-19-21-35(29(23-31)17-15-27-11-5-9-25-7-1-3-13-33(25)27)36-22-20-32(38(41)42)24-30(36)18-16-28-12-6-10-26-8-2-4-14-34(26)28;;/h1-14,19-24H,(H,39,40)(H,41,42);2*1H. The molecule has 0 unspecified atom stereocenters. The van der Waals surface area contributed by atoms with Gasteiger partial charge in [-0.2, -0.15) is 0 Å². The molecule has 6 heteroatoms. The predicted molar refractivity (Wildman–Crippen MR) is 180 cm³/mol. The maximum atomic E-state index is 11.9. The van der Waals surface area contributed by atoms with Crippen LogP contribution in [0, 0.1) is 23.7 Å². The number of halogens is 2. The van der Waals surface area contributed by atoms with Gasteiger partial charge in [0.2, 0.25) is 0 Å². The van der Waals surface area contributed by atoms with Crippen molar-refractivity contribution in [2.75, 3.05) is 0 Å². The van der Waals surface area contributed by atoms with Gasteiger partial charge >= 0.3 is 11.9 Å². The fourth-order valence-electron chi connectivity index (χ4n) is 4.97. The van der Waals surface area contributed by atoms with Gasteiger partial charge in [-0.25, -0.2) is 9.59 Å². The topological polar surface area (TPSA) is 74.6 Å². The molecule has 0 atom stereocenters. The molecule has 0 saturated heterocycles. The Balaban J connectivity index is 0.00000221. The van der Waals surface area contributed by atoms with Crippen LogP contribution in [0.15, 0.2) is 121 Å². The van der Waals surface area contributed by atoms with Crippen LogP contribution in [0.25, 0.3) is 32.7 Å². The van der Waals surface area contributed by atoms with Crippen molar-refractivity contribution in [2.45, 2.75) is 0 Å². The average molecular weight is 616 g/mol. The van der Waals surface area contributed by atoms with Crippen molar-refractivity contribution < 1.29 is 19.8 Å². The SMILES string of the molecule is Cl.Cl.O=C(O)c1ccc(-c2ccc(C(=O)O)cc2C#Cc2cccc3ccccc23)c(C#Cc2cccc3ccccc23)c1. The van der Waals surface area contributed by atoms with E-state index in [-0.39, 0.29) is 35.9 Å². The Morgan fingerprint density at radius 2 is 0.795 bits per heavy atom. The third-order valence-corrected chi connectivity index (χ3v) is 7.07. The van der Waals surface area contributed by atoms with Gasteiger partial charge in [0.25, 0.3) is 0 Å². The van der Waals surface area contributed by atoms with Crippen LogP contribution in [-0.4, -0.2) is 22.2 Å². The molecule has 0 aliphatic rings. The van der Waals surface area contributed by atoms with E-state index in [4.69, 9.17) is 0 Å². The van der Waals surface area contributed by atoms with Crippen molar-refractivity contribution >= 4 is 58.3 Å². The second-order valence-electron chi connectivity index (χ2n) is 9.68. The highest BCUT2D eigenvalue weighted by Gasteiger charge is 2.14. The van der Waals surface area contributed by atoms with Crippen LogP contribution >= 0.6 is 24.8 Å². The summed E-state index contributed by atoms with van der Waals surface area (Å²) in [4.78, 5) is 23.7. The van der Waals surface area contributed by atoms with Gasteiger partial charge in [0, 0.05) is 22.3 Å². The van der Waals surface area contributed by atoms with Crippen molar-refractivity contribution in [3.63, 3.8) is 0 Å². The lowest BCUT2D eigenvalue weighted by atomic mass is 9.92. The Hall–Kier alpha value is -5.52. The van der Waals surface area contributed by atoms with E-state index in [0.717, 1.165) is 32.7 Å². The molecule has 0 amide bonds. The van der Waals surface area contributed by atoms with Gasteiger partial charge in [0.15, 0.2) is 0 Å². The third kappa shape index (κ3) is 6.43. The molecule has 44 heavy (non-hydrogen) atoms. The molecule has 0 radical (unpaired) electrons. The minimum absolute atomic E-state index is 0. The van der Waals surface area contributed by atoms with E-state index < -0.39 is 11.9 Å². The fraction of sp³-hybridized carbons (Fsp3) is 0. The number of carboxylic acid groups (broad SMARTS) is 2. The first-order valence-electron chi connectivity index (χ1n) is 13.2. The van der Waals surface area contributed by atoms with Crippen LogP contribution in [0.4, 0.5) is 0 Å². The lowest BCUT2D eigenvalue weighted by Gasteiger charge is -2.10. The molecule has 4 nitrogen and oxygen atoms in total. The van der Waals surface area contributed by atoms with E-state index >= 15 is 0 Å². The molecule has 6 aromatic carbocycles. The Labute approximate surface area is 266 Å². The van der Waals surface area contributed by atoms with Gasteiger partial charge in [-0.05, 0) is 69.1 Å². The van der Waals surface area contributed by atoms with Crippen LogP contribution in [0.1, 0.15) is 43.0 Å². The van der Waals surface area contributed by atoms with Crippen LogP contribution in [0.3, 0.4) is 0 Å². The van der Waals surface area contributed by atoms with E-state index in [9.17, 15) is 19.8 Å². The summed E-state index contributed by atoms with van der Waals surface area (Å²) in [7, 11) is 0. The fourth-order valence-corrected chi connectivity index (χ4v) is 4.97. The second-order valence-corrected chi connectivity index (χ2v) is 9.68. The first-order chi connectivity index (χ1) is 20.5. The Bertz CT molecular complexity index is 2010. The Kier molecular flexibility index (Phi) is 9.74. The highest BCUT2D eigenvalue weighted by Crippen LogP contribution is 2.29. The highest BCUT2D eigenvalue weighted by atomic mass is 35.5.